The van der Waals surface area contributed by atoms with Crippen LogP contribution in [0.4, 0.5) is 10.5 Å². The predicted molar refractivity (Wildman–Crippen MR) is 141 cm³/mol. The molecule has 2 aromatic carbocycles. The fourth-order valence-corrected chi connectivity index (χ4v) is 6.07. The van der Waals surface area contributed by atoms with Gasteiger partial charge in [-0.05, 0) is 64.7 Å². The number of pyridine rings is 1. The number of halogens is 1. The Morgan fingerprint density at radius 2 is 1.97 bits per heavy atom. The Labute approximate surface area is 225 Å². The number of ether oxygens (including phenoxy) is 1. The molecular weight excluding hydrogens is 520 g/mol. The van der Waals surface area contributed by atoms with E-state index >= 15 is 0 Å². The number of fused-ring (bicyclic) bond motifs is 4. The number of anilines is 1. The molecule has 2 aliphatic heterocycles. The number of aromatic nitrogens is 7. The second kappa shape index (κ2) is 8.11. The van der Waals surface area contributed by atoms with E-state index in [1.807, 2.05) is 34.9 Å². The van der Waals surface area contributed by atoms with E-state index in [-0.39, 0.29) is 24.1 Å². The molecule has 5 aromatic rings. The maximum atomic E-state index is 13.6. The number of amides is 1. The zero-order valence-electron chi connectivity index (χ0n) is 20.2. The molecule has 1 aliphatic carbocycles. The SMILES string of the molecule is O=C1Nc2ccc(-c3cnc(C4C5CC5c5cc(-c6cc(Cl)ccc6-n6cnnn6)cc(=O)n54)[nH]3)cc2CO1. The number of hydrogen-bond donors (Lipinski definition) is 2. The van der Waals surface area contributed by atoms with Crippen molar-refractivity contribution in [1.29, 1.82) is 0 Å². The van der Waals surface area contributed by atoms with E-state index in [4.69, 9.17) is 21.3 Å². The lowest BCUT2D eigenvalue weighted by Crippen LogP contribution is -2.26. The number of carbonyl (C=O) groups is 1. The number of aromatic amines is 1. The van der Waals surface area contributed by atoms with Gasteiger partial charge in [-0.3, -0.25) is 10.1 Å². The Kier molecular flexibility index (Phi) is 4.63. The number of imidazole rings is 1. The summed E-state index contributed by atoms with van der Waals surface area (Å²) in [6, 6.07) is 14.8. The number of carbonyl (C=O) groups excluding carboxylic acids is 1. The molecule has 192 valence electrons. The second-order valence-corrected chi connectivity index (χ2v) is 10.4. The summed E-state index contributed by atoms with van der Waals surface area (Å²) in [6.07, 6.45) is 3.85. The molecule has 0 saturated heterocycles. The van der Waals surface area contributed by atoms with Gasteiger partial charge < -0.3 is 14.3 Å². The third kappa shape index (κ3) is 3.50. The largest absolute Gasteiger partial charge is 0.444 e. The molecule has 8 rings (SSSR count). The van der Waals surface area contributed by atoms with Gasteiger partial charge in [0.25, 0.3) is 5.56 Å². The third-order valence-electron chi connectivity index (χ3n) is 7.75. The molecule has 11 nitrogen and oxygen atoms in total. The lowest BCUT2D eigenvalue weighted by atomic mass is 10.0. The smallest absolute Gasteiger partial charge is 0.411 e. The second-order valence-electron chi connectivity index (χ2n) is 10.00. The lowest BCUT2D eigenvalue weighted by molar-refractivity contribution is 0.151. The quantitative estimate of drug-likeness (QED) is 0.348. The van der Waals surface area contributed by atoms with Crippen molar-refractivity contribution in [3.05, 3.63) is 93.5 Å². The van der Waals surface area contributed by atoms with Gasteiger partial charge in [0.1, 0.15) is 18.8 Å². The number of cyclic esters (lactones) is 1. The highest BCUT2D eigenvalue weighted by Crippen LogP contribution is 2.60. The summed E-state index contributed by atoms with van der Waals surface area (Å²) in [5, 5.41) is 14.8. The van der Waals surface area contributed by atoms with Crippen molar-refractivity contribution >= 4 is 23.4 Å². The van der Waals surface area contributed by atoms with Crippen molar-refractivity contribution in [1.82, 2.24) is 34.7 Å². The minimum atomic E-state index is -0.450. The van der Waals surface area contributed by atoms with Crippen molar-refractivity contribution in [3.8, 4) is 28.1 Å². The lowest BCUT2D eigenvalue weighted by Gasteiger charge is -2.18. The van der Waals surface area contributed by atoms with Crippen LogP contribution in [0.15, 0.2) is 65.8 Å². The first-order valence-electron chi connectivity index (χ1n) is 12.5. The van der Waals surface area contributed by atoms with Gasteiger partial charge in [-0.25, -0.2) is 9.78 Å². The van der Waals surface area contributed by atoms with Gasteiger partial charge in [-0.1, -0.05) is 17.7 Å². The summed E-state index contributed by atoms with van der Waals surface area (Å²) in [4.78, 5) is 33.2. The van der Waals surface area contributed by atoms with Crippen molar-refractivity contribution < 1.29 is 9.53 Å². The molecular formula is C27H19ClN8O3. The highest BCUT2D eigenvalue weighted by atomic mass is 35.5. The van der Waals surface area contributed by atoms with Gasteiger partial charge in [0.15, 0.2) is 0 Å². The number of hydrogen-bond acceptors (Lipinski definition) is 7. The Balaban J connectivity index is 1.17. The van der Waals surface area contributed by atoms with Crippen LogP contribution >= 0.6 is 11.6 Å². The van der Waals surface area contributed by atoms with E-state index < -0.39 is 6.09 Å². The molecule has 3 unspecified atom stereocenters. The summed E-state index contributed by atoms with van der Waals surface area (Å²) in [7, 11) is 0. The highest BCUT2D eigenvalue weighted by Gasteiger charge is 2.54. The van der Waals surface area contributed by atoms with E-state index in [9.17, 15) is 9.59 Å². The van der Waals surface area contributed by atoms with Crippen LogP contribution in [0.2, 0.25) is 5.02 Å². The minimum absolute atomic E-state index is 0.0954. The van der Waals surface area contributed by atoms with Gasteiger partial charge in [0.05, 0.1) is 29.3 Å². The maximum Gasteiger partial charge on any atom is 0.411 e. The average molecular weight is 539 g/mol. The topological polar surface area (TPSA) is 133 Å². The molecule has 2 N–H and O–H groups in total. The summed E-state index contributed by atoms with van der Waals surface area (Å²) in [6.45, 7) is 0.218. The van der Waals surface area contributed by atoms with Gasteiger partial charge >= 0.3 is 6.09 Å². The zero-order chi connectivity index (χ0) is 26.2. The van der Waals surface area contributed by atoms with Crippen LogP contribution in [0.25, 0.3) is 28.1 Å². The van der Waals surface area contributed by atoms with Crippen molar-refractivity contribution in [3.63, 3.8) is 0 Å². The first-order valence-corrected chi connectivity index (χ1v) is 12.8. The fourth-order valence-electron chi connectivity index (χ4n) is 5.90. The van der Waals surface area contributed by atoms with Gasteiger partial charge in [-0.15, -0.1) is 5.10 Å². The number of tetrazole rings is 1. The molecule has 1 amide bonds. The highest BCUT2D eigenvalue weighted by molar-refractivity contribution is 6.31. The van der Waals surface area contributed by atoms with Crippen LogP contribution in [0, 0.1) is 5.92 Å². The molecule has 39 heavy (non-hydrogen) atoms. The van der Waals surface area contributed by atoms with Crippen LogP contribution in [-0.2, 0) is 11.3 Å². The zero-order valence-corrected chi connectivity index (χ0v) is 21.0. The standard InChI is InChI=1S/C27H19ClN8O3/c28-16-2-4-22(35-12-30-33-34-35)17(8-16)14-6-23-18-9-19(18)25(36(23)24(37)7-14)26-29-10-21(31-26)13-1-3-20-15(5-13)11-39-27(38)32-20/h1-8,10,12,18-19,25H,9,11H2,(H,29,31)(H,32,38). The molecule has 3 aliphatic rings. The molecule has 1 saturated carbocycles. The monoisotopic (exact) mass is 538 g/mol. The average Bonchev–Trinajstić information content (AvgIpc) is 3.28. The Bertz CT molecular complexity index is 1860. The molecule has 1 fully saturated rings. The Morgan fingerprint density at radius 1 is 1.05 bits per heavy atom. The molecule has 5 heterocycles. The molecule has 0 radical (unpaired) electrons. The van der Waals surface area contributed by atoms with E-state index in [1.54, 1.807) is 23.0 Å². The first kappa shape index (κ1) is 22.2. The van der Waals surface area contributed by atoms with E-state index in [0.717, 1.165) is 57.3 Å². The number of rotatable bonds is 4. The Morgan fingerprint density at radius 3 is 2.85 bits per heavy atom. The number of nitrogens with one attached hydrogen (secondary N) is 2. The van der Waals surface area contributed by atoms with E-state index in [1.165, 1.54) is 6.33 Å². The Hall–Kier alpha value is -4.77. The fraction of sp³-hybridized carbons (Fsp3) is 0.185. The van der Waals surface area contributed by atoms with Crippen LogP contribution in [-0.4, -0.2) is 40.8 Å². The predicted octanol–water partition coefficient (Wildman–Crippen LogP) is 4.30. The van der Waals surface area contributed by atoms with Crippen molar-refractivity contribution in [2.75, 3.05) is 5.32 Å². The van der Waals surface area contributed by atoms with E-state index in [2.05, 4.69) is 31.9 Å². The molecule has 3 aromatic heterocycles. The summed E-state index contributed by atoms with van der Waals surface area (Å²) < 4.78 is 8.52. The maximum absolute atomic E-state index is 13.6. The van der Waals surface area contributed by atoms with Crippen LogP contribution < -0.4 is 10.9 Å². The van der Waals surface area contributed by atoms with Crippen molar-refractivity contribution in [2.24, 2.45) is 5.92 Å². The number of benzene rings is 2. The number of H-pyrrole nitrogens is 1. The summed E-state index contributed by atoms with van der Waals surface area (Å²) in [5.41, 5.74) is 6.59. The molecule has 12 heteroatoms. The molecule has 0 spiro atoms. The van der Waals surface area contributed by atoms with Gasteiger partial charge in [0, 0.05) is 39.4 Å². The normalized spacial score (nSPS) is 20.5. The van der Waals surface area contributed by atoms with Crippen LogP contribution in [0.1, 0.15) is 35.5 Å². The van der Waals surface area contributed by atoms with Crippen LogP contribution in [0.5, 0.6) is 0 Å². The van der Waals surface area contributed by atoms with E-state index in [0.29, 0.717) is 10.9 Å². The summed E-state index contributed by atoms with van der Waals surface area (Å²) in [5.74, 6) is 1.35. The van der Waals surface area contributed by atoms with Gasteiger partial charge in [0.2, 0.25) is 0 Å². The minimum Gasteiger partial charge on any atom is -0.444 e. The molecule has 0 bridgehead atoms. The molecule has 3 atom stereocenters. The summed E-state index contributed by atoms with van der Waals surface area (Å²) >= 11 is 6.34. The number of nitrogens with zero attached hydrogens (tertiary/aromatic N) is 6. The van der Waals surface area contributed by atoms with Crippen LogP contribution in [0.3, 0.4) is 0 Å². The third-order valence-corrected chi connectivity index (χ3v) is 7.99. The van der Waals surface area contributed by atoms with Gasteiger partial charge in [-0.2, -0.15) is 4.68 Å². The first-order chi connectivity index (χ1) is 19.0. The van der Waals surface area contributed by atoms with Crippen molar-refractivity contribution in [2.45, 2.75) is 25.0 Å².